The summed E-state index contributed by atoms with van der Waals surface area (Å²) in [6.45, 7) is 10.6. The number of aryl methyl sites for hydroxylation is 1. The number of nitrogens with one attached hydrogen (secondary N) is 1. The van der Waals surface area contributed by atoms with Crippen molar-refractivity contribution in [1.82, 2.24) is 10.2 Å². The Bertz CT molecular complexity index is 552. The molecule has 1 N–H and O–H groups in total. The number of hydrogen-bond donors (Lipinski definition) is 1. The van der Waals surface area contributed by atoms with Crippen LogP contribution in [-0.4, -0.2) is 49.3 Å². The number of carbonyl (C=O) groups excluding carboxylic acids is 1. The third-order valence-electron chi connectivity index (χ3n) is 3.65. The van der Waals surface area contributed by atoms with Gasteiger partial charge in [0.1, 0.15) is 17.5 Å². The zero-order valence-corrected chi connectivity index (χ0v) is 14.8. The van der Waals surface area contributed by atoms with Crippen molar-refractivity contribution in [3.8, 4) is 5.75 Å². The first kappa shape index (κ1) is 17.8. The SMILES string of the molecule is Cc1ccc(CNC(=O)C2CN(C)CCO2)c(OC(C)(C)C)c1. The quantitative estimate of drug-likeness (QED) is 0.923. The fraction of sp³-hybridized carbons (Fsp3) is 0.611. The summed E-state index contributed by atoms with van der Waals surface area (Å²) in [6, 6.07) is 6.05. The lowest BCUT2D eigenvalue weighted by molar-refractivity contribution is -0.138. The number of carbonyl (C=O) groups is 1. The molecule has 128 valence electrons. The number of morpholine rings is 1. The van der Waals surface area contributed by atoms with E-state index in [-0.39, 0.29) is 11.5 Å². The van der Waals surface area contributed by atoms with Crippen molar-refractivity contribution in [3.05, 3.63) is 29.3 Å². The van der Waals surface area contributed by atoms with Gasteiger partial charge in [-0.3, -0.25) is 4.79 Å². The van der Waals surface area contributed by atoms with Gasteiger partial charge in [0.2, 0.25) is 0 Å². The second-order valence-electron chi connectivity index (χ2n) is 7.17. The fourth-order valence-corrected chi connectivity index (χ4v) is 2.47. The zero-order valence-electron chi connectivity index (χ0n) is 14.8. The van der Waals surface area contributed by atoms with Crippen molar-refractivity contribution >= 4 is 5.91 Å². The molecule has 1 amide bonds. The maximum atomic E-state index is 12.3. The lowest BCUT2D eigenvalue weighted by Gasteiger charge is -2.29. The minimum absolute atomic E-state index is 0.0705. The molecule has 1 aliphatic heterocycles. The molecule has 0 aromatic heterocycles. The van der Waals surface area contributed by atoms with Crippen LogP contribution in [0, 0.1) is 6.92 Å². The molecule has 0 saturated carbocycles. The van der Waals surface area contributed by atoms with Crippen molar-refractivity contribution < 1.29 is 14.3 Å². The van der Waals surface area contributed by atoms with E-state index in [9.17, 15) is 4.79 Å². The van der Waals surface area contributed by atoms with Gasteiger partial charge in [-0.25, -0.2) is 0 Å². The molecule has 2 rings (SSSR count). The highest BCUT2D eigenvalue weighted by Crippen LogP contribution is 2.24. The molecule has 1 unspecified atom stereocenters. The topological polar surface area (TPSA) is 50.8 Å². The highest BCUT2D eigenvalue weighted by atomic mass is 16.5. The standard InChI is InChI=1S/C18H28N2O3/c1-13-6-7-14(15(10-13)23-18(2,3)4)11-19-17(21)16-12-20(5)8-9-22-16/h6-7,10,16H,8-9,11-12H2,1-5H3,(H,19,21). The second-order valence-corrected chi connectivity index (χ2v) is 7.17. The normalized spacial score (nSPS) is 19.4. The van der Waals surface area contributed by atoms with Crippen molar-refractivity contribution in [1.29, 1.82) is 0 Å². The van der Waals surface area contributed by atoms with Crippen LogP contribution in [0.3, 0.4) is 0 Å². The average molecular weight is 320 g/mol. The zero-order chi connectivity index (χ0) is 17.0. The molecule has 0 aliphatic carbocycles. The molecule has 5 heteroatoms. The van der Waals surface area contributed by atoms with Gasteiger partial charge in [-0.05, 0) is 46.4 Å². The van der Waals surface area contributed by atoms with Crippen LogP contribution < -0.4 is 10.1 Å². The highest BCUT2D eigenvalue weighted by molar-refractivity contribution is 5.81. The predicted octanol–water partition coefficient (Wildman–Crippen LogP) is 2.12. The van der Waals surface area contributed by atoms with Crippen LogP contribution in [0.5, 0.6) is 5.75 Å². The van der Waals surface area contributed by atoms with E-state index in [1.165, 1.54) is 0 Å². The fourth-order valence-electron chi connectivity index (χ4n) is 2.47. The van der Waals surface area contributed by atoms with Crippen LogP contribution in [0.25, 0.3) is 0 Å². The first-order chi connectivity index (χ1) is 10.7. The summed E-state index contributed by atoms with van der Waals surface area (Å²) in [5.41, 5.74) is 1.83. The maximum absolute atomic E-state index is 12.3. The third-order valence-corrected chi connectivity index (χ3v) is 3.65. The molecular formula is C18H28N2O3. The first-order valence-corrected chi connectivity index (χ1v) is 8.11. The van der Waals surface area contributed by atoms with Crippen LogP contribution in [0.1, 0.15) is 31.9 Å². The third kappa shape index (κ3) is 5.52. The molecule has 1 heterocycles. The summed E-state index contributed by atoms with van der Waals surface area (Å²) < 4.78 is 11.6. The Morgan fingerprint density at radius 2 is 2.17 bits per heavy atom. The number of ether oxygens (including phenoxy) is 2. The van der Waals surface area contributed by atoms with Crippen LogP contribution in [0.4, 0.5) is 0 Å². The Morgan fingerprint density at radius 1 is 1.43 bits per heavy atom. The van der Waals surface area contributed by atoms with Crippen molar-refractivity contribution in [3.63, 3.8) is 0 Å². The van der Waals surface area contributed by atoms with E-state index in [2.05, 4.69) is 10.2 Å². The van der Waals surface area contributed by atoms with Crippen molar-refractivity contribution in [2.45, 2.75) is 45.9 Å². The lowest BCUT2D eigenvalue weighted by atomic mass is 10.1. The summed E-state index contributed by atoms with van der Waals surface area (Å²) in [4.78, 5) is 14.4. The second kappa shape index (κ2) is 7.32. The van der Waals surface area contributed by atoms with E-state index in [4.69, 9.17) is 9.47 Å². The van der Waals surface area contributed by atoms with Gasteiger partial charge in [-0.1, -0.05) is 12.1 Å². The number of benzene rings is 1. The molecule has 1 aromatic rings. The lowest BCUT2D eigenvalue weighted by Crippen LogP contribution is -2.48. The smallest absolute Gasteiger partial charge is 0.250 e. The predicted molar refractivity (Wildman–Crippen MR) is 90.6 cm³/mol. The van der Waals surface area contributed by atoms with Crippen LogP contribution in [0.2, 0.25) is 0 Å². The van der Waals surface area contributed by atoms with E-state index >= 15 is 0 Å². The summed E-state index contributed by atoms with van der Waals surface area (Å²) in [5.74, 6) is 0.748. The Kier molecular flexibility index (Phi) is 5.65. The number of amides is 1. The number of hydrogen-bond acceptors (Lipinski definition) is 4. The highest BCUT2D eigenvalue weighted by Gasteiger charge is 2.25. The Morgan fingerprint density at radius 3 is 2.83 bits per heavy atom. The summed E-state index contributed by atoms with van der Waals surface area (Å²) in [7, 11) is 2.00. The van der Waals surface area contributed by atoms with Gasteiger partial charge in [0, 0.05) is 25.2 Å². The molecule has 1 aromatic carbocycles. The van der Waals surface area contributed by atoms with Gasteiger partial charge in [-0.2, -0.15) is 0 Å². The molecule has 5 nitrogen and oxygen atoms in total. The van der Waals surface area contributed by atoms with Gasteiger partial charge >= 0.3 is 0 Å². The number of likely N-dealkylation sites (N-methyl/N-ethyl adjacent to an activating group) is 1. The Balaban J connectivity index is 2.00. The molecule has 1 saturated heterocycles. The molecule has 23 heavy (non-hydrogen) atoms. The first-order valence-electron chi connectivity index (χ1n) is 8.11. The maximum Gasteiger partial charge on any atom is 0.250 e. The van der Waals surface area contributed by atoms with Crippen LogP contribution in [0.15, 0.2) is 18.2 Å². The van der Waals surface area contributed by atoms with E-state index in [0.29, 0.717) is 19.7 Å². The van der Waals surface area contributed by atoms with E-state index in [1.807, 2.05) is 52.9 Å². The molecular weight excluding hydrogens is 292 g/mol. The Labute approximate surface area is 139 Å². The van der Waals surface area contributed by atoms with Gasteiger partial charge in [0.15, 0.2) is 0 Å². The van der Waals surface area contributed by atoms with Gasteiger partial charge in [-0.15, -0.1) is 0 Å². The van der Waals surface area contributed by atoms with E-state index < -0.39 is 6.10 Å². The molecule has 0 radical (unpaired) electrons. The van der Waals surface area contributed by atoms with Gasteiger partial charge in [0.25, 0.3) is 5.91 Å². The number of rotatable bonds is 4. The van der Waals surface area contributed by atoms with Gasteiger partial charge < -0.3 is 19.7 Å². The average Bonchev–Trinajstić information content (AvgIpc) is 2.44. The van der Waals surface area contributed by atoms with Crippen LogP contribution >= 0.6 is 0 Å². The van der Waals surface area contributed by atoms with Crippen molar-refractivity contribution in [2.75, 3.05) is 26.7 Å². The summed E-state index contributed by atoms with van der Waals surface area (Å²) >= 11 is 0. The van der Waals surface area contributed by atoms with Gasteiger partial charge in [0.05, 0.1) is 6.61 Å². The molecule has 1 aliphatic rings. The molecule has 1 atom stereocenters. The van der Waals surface area contributed by atoms with Crippen molar-refractivity contribution in [2.24, 2.45) is 0 Å². The largest absolute Gasteiger partial charge is 0.488 e. The Hall–Kier alpha value is -1.59. The molecule has 0 bridgehead atoms. The van der Waals surface area contributed by atoms with E-state index in [1.54, 1.807) is 0 Å². The number of nitrogens with zero attached hydrogens (tertiary/aromatic N) is 1. The minimum atomic E-state index is -0.397. The summed E-state index contributed by atoms with van der Waals surface area (Å²) in [5, 5.41) is 2.96. The molecule has 1 fully saturated rings. The summed E-state index contributed by atoms with van der Waals surface area (Å²) in [6.07, 6.45) is -0.397. The van der Waals surface area contributed by atoms with Crippen LogP contribution in [-0.2, 0) is 16.1 Å². The van der Waals surface area contributed by atoms with E-state index in [0.717, 1.165) is 23.4 Å². The molecule has 0 spiro atoms. The minimum Gasteiger partial charge on any atom is -0.488 e. The monoisotopic (exact) mass is 320 g/mol.